The van der Waals surface area contributed by atoms with Gasteiger partial charge in [-0.15, -0.1) is 53.6 Å². The predicted octanol–water partition coefficient (Wildman–Crippen LogP) is 15.5. The molecule has 9 rings (SSSR count). The number of pyridine rings is 2. The van der Waals surface area contributed by atoms with Crippen molar-refractivity contribution >= 4 is 46.2 Å². The predicted molar refractivity (Wildman–Crippen MR) is 273 cm³/mol. The molecule has 1 radical (unpaired) electrons. The minimum atomic E-state index is -2.09. The molecule has 4 aromatic heterocycles. The number of imidazole rings is 1. The Balaban J connectivity index is 0.000000242. The van der Waals surface area contributed by atoms with E-state index in [0.29, 0.717) is 11.5 Å². The minimum Gasteiger partial charge on any atom is -0.501 e. The molecule has 0 saturated carbocycles. The average Bonchev–Trinajstić information content (AvgIpc) is 3.87. The maximum atomic E-state index is 7.44. The van der Waals surface area contributed by atoms with Gasteiger partial charge in [0.15, 0.2) is 0 Å². The van der Waals surface area contributed by atoms with Crippen LogP contribution in [0.4, 0.5) is 0 Å². The van der Waals surface area contributed by atoms with Gasteiger partial charge in [0, 0.05) is 53.1 Å². The molecular weight excluding hydrogens is 989 g/mol. The second-order valence-electron chi connectivity index (χ2n) is 20.0. The molecule has 4 heterocycles. The monoisotopic (exact) mass is 1050 g/mol. The number of para-hydroxylation sites is 1. The molecule has 65 heavy (non-hydrogen) atoms. The van der Waals surface area contributed by atoms with Gasteiger partial charge in [-0.25, -0.2) is 0 Å². The summed E-state index contributed by atoms with van der Waals surface area (Å²) in [6, 6.07) is 43.6. The molecule has 0 bridgehead atoms. The number of fused-ring (bicyclic) bond motifs is 4. The number of aromatic nitrogens is 4. The van der Waals surface area contributed by atoms with Crippen molar-refractivity contribution in [2.24, 2.45) is 0 Å². The Morgan fingerprint density at radius 2 is 1.40 bits per heavy atom. The Kier molecular flexibility index (Phi) is 12.6. The number of furan rings is 1. The SMILES string of the molecule is CC(C)c1cc(-c2ccccc2)cc(C(C)C)c1-n1c(-c2[c-]ccc3c2oc2ccccc23)nc2c(C(C)(C)C)nccc21.[2H]C([2H])([2H])c1c[c-]c(-c2cc(C(C)C)c([Si](C)(C)C)cn2)cc1.[Ir]. The van der Waals surface area contributed by atoms with Crippen molar-refractivity contribution in [3.05, 3.63) is 162 Å². The molecule has 5 aromatic carbocycles. The fourth-order valence-electron chi connectivity index (χ4n) is 8.73. The smallest absolute Gasteiger partial charge is 0.120 e. The molecule has 0 amide bonds. The first-order valence-electron chi connectivity index (χ1n) is 24.1. The number of aryl methyl sites for hydroxylation is 1. The van der Waals surface area contributed by atoms with Crippen molar-refractivity contribution in [1.29, 1.82) is 0 Å². The third-order valence-electron chi connectivity index (χ3n) is 12.0. The van der Waals surface area contributed by atoms with E-state index in [-0.39, 0.29) is 37.4 Å². The average molecular weight is 1050 g/mol. The van der Waals surface area contributed by atoms with Crippen molar-refractivity contribution in [3.63, 3.8) is 0 Å². The van der Waals surface area contributed by atoms with Crippen LogP contribution >= 0.6 is 0 Å². The zero-order chi connectivity index (χ0) is 48.2. The van der Waals surface area contributed by atoms with Gasteiger partial charge in [-0.05, 0) is 75.2 Å². The van der Waals surface area contributed by atoms with E-state index in [1.54, 1.807) is 18.2 Å². The van der Waals surface area contributed by atoms with E-state index < -0.39 is 14.9 Å². The van der Waals surface area contributed by atoms with Crippen LogP contribution in [-0.4, -0.2) is 27.6 Å². The third kappa shape index (κ3) is 9.47. The van der Waals surface area contributed by atoms with Gasteiger partial charge in [0.2, 0.25) is 0 Å². The van der Waals surface area contributed by atoms with Crippen LogP contribution in [0.1, 0.15) is 112 Å². The van der Waals surface area contributed by atoms with E-state index in [0.717, 1.165) is 61.3 Å². The molecule has 0 spiro atoms. The van der Waals surface area contributed by atoms with E-state index in [4.69, 9.17) is 18.5 Å². The molecule has 5 nitrogen and oxygen atoms in total. The van der Waals surface area contributed by atoms with Crippen molar-refractivity contribution in [3.8, 4) is 39.5 Å². The Morgan fingerprint density at radius 3 is 2.02 bits per heavy atom. The van der Waals surface area contributed by atoms with Gasteiger partial charge in [0.05, 0.1) is 36.2 Å². The molecule has 0 aliphatic carbocycles. The van der Waals surface area contributed by atoms with E-state index in [9.17, 15) is 0 Å². The van der Waals surface area contributed by atoms with E-state index in [2.05, 4.69) is 176 Å². The van der Waals surface area contributed by atoms with Crippen molar-refractivity contribution in [2.45, 2.75) is 112 Å². The maximum Gasteiger partial charge on any atom is 0.120 e. The molecule has 9 aromatic rings. The van der Waals surface area contributed by atoms with E-state index in [1.165, 1.54) is 38.7 Å². The third-order valence-corrected chi connectivity index (χ3v) is 14.1. The van der Waals surface area contributed by atoms with Crippen LogP contribution in [0.2, 0.25) is 19.6 Å². The van der Waals surface area contributed by atoms with Crippen LogP contribution in [-0.2, 0) is 25.5 Å². The summed E-state index contributed by atoms with van der Waals surface area (Å²) in [5, 5.41) is 3.54. The molecule has 0 fully saturated rings. The van der Waals surface area contributed by atoms with Crippen LogP contribution in [0.5, 0.6) is 0 Å². The second kappa shape index (κ2) is 18.8. The number of nitrogens with zero attached hydrogens (tertiary/aromatic N) is 4. The summed E-state index contributed by atoms with van der Waals surface area (Å²) < 4.78 is 31.2. The molecule has 0 saturated heterocycles. The van der Waals surface area contributed by atoms with Crippen molar-refractivity contribution in [1.82, 2.24) is 19.5 Å². The van der Waals surface area contributed by atoms with E-state index in [1.807, 2.05) is 30.6 Å². The van der Waals surface area contributed by atoms with Crippen LogP contribution in [0.3, 0.4) is 0 Å². The van der Waals surface area contributed by atoms with Gasteiger partial charge in [0.25, 0.3) is 0 Å². The fourth-order valence-corrected chi connectivity index (χ4v) is 10.4. The molecule has 7 heteroatoms. The quantitative estimate of drug-likeness (QED) is 0.112. The molecule has 0 N–H and O–H groups in total. The largest absolute Gasteiger partial charge is 0.501 e. The second-order valence-corrected chi connectivity index (χ2v) is 25.0. The zero-order valence-electron chi connectivity index (χ0n) is 42.8. The Morgan fingerprint density at radius 1 is 0.723 bits per heavy atom. The Hall–Kier alpha value is -5.46. The first-order valence-corrected chi connectivity index (χ1v) is 26.1. The number of hydrogen-bond acceptors (Lipinski definition) is 4. The summed E-state index contributed by atoms with van der Waals surface area (Å²) in [7, 11) is -1.45. The number of hydrogen-bond donors (Lipinski definition) is 0. The van der Waals surface area contributed by atoms with Crippen LogP contribution in [0, 0.1) is 19.0 Å². The Labute approximate surface area is 405 Å². The summed E-state index contributed by atoms with van der Waals surface area (Å²) >= 11 is 0. The topological polar surface area (TPSA) is 56.7 Å². The van der Waals surface area contributed by atoms with Crippen molar-refractivity contribution < 1.29 is 28.6 Å². The molecule has 0 aliphatic rings. The molecule has 335 valence electrons. The van der Waals surface area contributed by atoms with Gasteiger partial charge in [-0.3, -0.25) is 9.97 Å². The van der Waals surface area contributed by atoms with Gasteiger partial charge < -0.3 is 14.0 Å². The summed E-state index contributed by atoms with van der Waals surface area (Å²) in [6.07, 6.45) is 3.93. The van der Waals surface area contributed by atoms with Crippen LogP contribution < -0.4 is 5.19 Å². The number of rotatable bonds is 8. The first-order chi connectivity index (χ1) is 31.6. The molecule has 0 aliphatic heterocycles. The zero-order valence-corrected chi connectivity index (χ0v) is 43.2. The number of benzene rings is 5. The van der Waals surface area contributed by atoms with Crippen LogP contribution in [0.25, 0.3) is 72.4 Å². The van der Waals surface area contributed by atoms with Crippen LogP contribution in [0.15, 0.2) is 126 Å². The minimum absolute atomic E-state index is 0. The summed E-state index contributed by atoms with van der Waals surface area (Å²) in [6.45, 7) is 25.0. The first kappa shape index (κ1) is 43.4. The van der Waals surface area contributed by atoms with E-state index >= 15 is 0 Å². The molecular formula is C58H62IrN4OSi-2. The van der Waals surface area contributed by atoms with Gasteiger partial charge in [-0.1, -0.05) is 160 Å². The normalized spacial score (nSPS) is 12.9. The molecule has 0 atom stereocenters. The summed E-state index contributed by atoms with van der Waals surface area (Å²) in [4.78, 5) is 14.9. The van der Waals surface area contributed by atoms with Gasteiger partial charge >= 0.3 is 0 Å². The fraction of sp³-hybridized carbons (Fsp3) is 0.293. The standard InChI is InChI=1S/C40H38N3O.C18H24NSi.Ir/c1-24(2)31-22-27(26-14-9-8-10-15-26)23-32(25(3)4)36(31)43-33-20-21-41-38(40(5,6)7)35(33)42-39(43)30-18-13-17-29-28-16-11-12-19-34(28)44-37(29)30;1-13(2)16-11-17(15-9-7-14(3)8-10-15)19-12-18(16)20(4,5)6;/h8-17,19-25H,1-7H3;7-9,11-13H,1-6H3;/q2*-1;/i;3D3;. The van der Waals surface area contributed by atoms with Gasteiger partial charge in [-0.2, -0.15) is 0 Å². The van der Waals surface area contributed by atoms with Gasteiger partial charge in [0.1, 0.15) is 5.58 Å². The van der Waals surface area contributed by atoms with Crippen molar-refractivity contribution in [2.75, 3.05) is 0 Å². The maximum absolute atomic E-state index is 7.44. The summed E-state index contributed by atoms with van der Waals surface area (Å²) in [5.74, 6) is 1.79. The Bertz CT molecular complexity index is 3200. The summed E-state index contributed by atoms with van der Waals surface area (Å²) in [5.41, 5.74) is 14.8. The molecule has 0 unspecified atom stereocenters.